The molecule has 0 aromatic heterocycles. The molecule has 1 aromatic carbocycles. The van der Waals surface area contributed by atoms with Crippen molar-refractivity contribution in [3.63, 3.8) is 0 Å². The third-order valence-corrected chi connectivity index (χ3v) is 5.33. The number of benzene rings is 1. The SMILES string of the molecule is CCc1cccc(NC(=O)CNC(=NC)N2CCN(C(=O)C3CCCO3)CC2)c1.I. The standard InChI is InChI=1S/C21H31N5O3.HI/c1-3-16-6-4-7-17(14-16)24-19(27)15-23-21(22-2)26-11-9-25(10-12-26)20(28)18-8-5-13-29-18;/h4,6-7,14,18H,3,5,8-13,15H2,1-2H3,(H,22,23)(H,24,27);1H. The average Bonchev–Trinajstić information content (AvgIpc) is 3.29. The molecule has 2 fully saturated rings. The molecule has 2 amide bonds. The maximum Gasteiger partial charge on any atom is 0.251 e. The van der Waals surface area contributed by atoms with E-state index >= 15 is 0 Å². The largest absolute Gasteiger partial charge is 0.368 e. The number of rotatable bonds is 5. The van der Waals surface area contributed by atoms with Gasteiger partial charge in [0.15, 0.2) is 5.96 Å². The van der Waals surface area contributed by atoms with Crippen molar-refractivity contribution in [1.29, 1.82) is 0 Å². The fraction of sp³-hybridized carbons (Fsp3) is 0.571. The van der Waals surface area contributed by atoms with E-state index in [0.717, 1.165) is 24.9 Å². The molecule has 1 unspecified atom stereocenters. The molecule has 0 radical (unpaired) electrons. The lowest BCUT2D eigenvalue weighted by molar-refractivity contribution is -0.142. The first-order valence-electron chi connectivity index (χ1n) is 10.4. The highest BCUT2D eigenvalue weighted by atomic mass is 127. The first-order chi connectivity index (χ1) is 14.1. The van der Waals surface area contributed by atoms with Gasteiger partial charge in [-0.15, -0.1) is 24.0 Å². The normalized spacial score (nSPS) is 19.3. The molecule has 0 saturated carbocycles. The summed E-state index contributed by atoms with van der Waals surface area (Å²) in [6.45, 7) is 5.53. The maximum atomic E-state index is 12.5. The minimum absolute atomic E-state index is 0. The summed E-state index contributed by atoms with van der Waals surface area (Å²) in [5, 5.41) is 6.03. The zero-order valence-electron chi connectivity index (χ0n) is 17.7. The van der Waals surface area contributed by atoms with Crippen molar-refractivity contribution < 1.29 is 14.3 Å². The molecular weight excluding hydrogens is 497 g/mol. The Morgan fingerprint density at radius 2 is 1.93 bits per heavy atom. The second-order valence-corrected chi connectivity index (χ2v) is 7.32. The molecule has 0 aliphatic carbocycles. The van der Waals surface area contributed by atoms with Crippen LogP contribution in [0.15, 0.2) is 29.3 Å². The molecular formula is C21H32IN5O3. The highest BCUT2D eigenvalue weighted by Gasteiger charge is 2.30. The van der Waals surface area contributed by atoms with E-state index in [9.17, 15) is 9.59 Å². The van der Waals surface area contributed by atoms with Crippen molar-refractivity contribution >= 4 is 47.4 Å². The minimum Gasteiger partial charge on any atom is -0.368 e. The molecule has 1 atom stereocenters. The van der Waals surface area contributed by atoms with Gasteiger partial charge in [0.25, 0.3) is 5.91 Å². The van der Waals surface area contributed by atoms with Crippen molar-refractivity contribution in [3.8, 4) is 0 Å². The molecule has 2 aliphatic heterocycles. The second-order valence-electron chi connectivity index (χ2n) is 7.32. The van der Waals surface area contributed by atoms with Gasteiger partial charge in [-0.25, -0.2) is 0 Å². The number of nitrogens with zero attached hydrogens (tertiary/aromatic N) is 3. The Labute approximate surface area is 195 Å². The number of carbonyl (C=O) groups is 2. The third-order valence-electron chi connectivity index (χ3n) is 5.33. The smallest absolute Gasteiger partial charge is 0.251 e. The zero-order valence-corrected chi connectivity index (χ0v) is 20.1. The molecule has 0 bridgehead atoms. The minimum atomic E-state index is -0.270. The number of nitrogens with one attached hydrogen (secondary N) is 2. The van der Waals surface area contributed by atoms with Gasteiger partial charge < -0.3 is 25.2 Å². The number of carbonyl (C=O) groups excluding carboxylic acids is 2. The van der Waals surface area contributed by atoms with Gasteiger partial charge in [-0.3, -0.25) is 14.6 Å². The van der Waals surface area contributed by atoms with E-state index in [1.165, 1.54) is 5.56 Å². The predicted octanol–water partition coefficient (Wildman–Crippen LogP) is 1.70. The van der Waals surface area contributed by atoms with E-state index < -0.39 is 0 Å². The van der Waals surface area contributed by atoms with Gasteiger partial charge in [0.1, 0.15) is 6.10 Å². The number of hydrogen-bond acceptors (Lipinski definition) is 4. The summed E-state index contributed by atoms with van der Waals surface area (Å²) >= 11 is 0. The summed E-state index contributed by atoms with van der Waals surface area (Å²) in [6, 6.07) is 7.85. The first kappa shape index (κ1) is 24.4. The van der Waals surface area contributed by atoms with Gasteiger partial charge in [-0.05, 0) is 37.0 Å². The maximum absolute atomic E-state index is 12.5. The molecule has 2 N–H and O–H groups in total. The number of guanidine groups is 1. The van der Waals surface area contributed by atoms with Crippen molar-refractivity contribution in [2.75, 3.05) is 51.7 Å². The summed E-state index contributed by atoms with van der Waals surface area (Å²) in [5.74, 6) is 0.650. The summed E-state index contributed by atoms with van der Waals surface area (Å²) < 4.78 is 5.51. The number of aliphatic imine (C=N–C) groups is 1. The van der Waals surface area contributed by atoms with Crippen LogP contribution in [0.25, 0.3) is 0 Å². The molecule has 3 rings (SSSR count). The molecule has 2 heterocycles. The van der Waals surface area contributed by atoms with Crippen molar-refractivity contribution in [3.05, 3.63) is 29.8 Å². The Kier molecular flexibility index (Phi) is 9.83. The van der Waals surface area contributed by atoms with Gasteiger partial charge in [0.2, 0.25) is 5.91 Å². The molecule has 9 heteroatoms. The van der Waals surface area contributed by atoms with Crippen LogP contribution in [0.4, 0.5) is 5.69 Å². The van der Waals surface area contributed by atoms with Gasteiger partial charge in [-0.1, -0.05) is 19.1 Å². The topological polar surface area (TPSA) is 86.3 Å². The highest BCUT2D eigenvalue weighted by molar-refractivity contribution is 14.0. The Morgan fingerprint density at radius 3 is 2.57 bits per heavy atom. The lowest BCUT2D eigenvalue weighted by Gasteiger charge is -2.37. The van der Waals surface area contributed by atoms with E-state index in [2.05, 4.69) is 27.4 Å². The number of amides is 2. The van der Waals surface area contributed by atoms with Crippen LogP contribution in [0.2, 0.25) is 0 Å². The summed E-state index contributed by atoms with van der Waals surface area (Å²) in [5.41, 5.74) is 1.98. The van der Waals surface area contributed by atoms with Crippen molar-refractivity contribution in [2.45, 2.75) is 32.3 Å². The van der Waals surface area contributed by atoms with Crippen LogP contribution in [0.5, 0.6) is 0 Å². The average molecular weight is 529 g/mol. The first-order valence-corrected chi connectivity index (χ1v) is 10.4. The number of halogens is 1. The van der Waals surface area contributed by atoms with E-state index in [1.54, 1.807) is 7.05 Å². The fourth-order valence-corrected chi connectivity index (χ4v) is 3.68. The van der Waals surface area contributed by atoms with Gasteiger partial charge in [-0.2, -0.15) is 0 Å². The van der Waals surface area contributed by atoms with E-state index in [-0.39, 0.29) is 48.4 Å². The van der Waals surface area contributed by atoms with Crippen LogP contribution >= 0.6 is 24.0 Å². The fourth-order valence-electron chi connectivity index (χ4n) is 3.68. The number of aryl methyl sites for hydroxylation is 1. The Hall–Kier alpha value is -1.88. The third kappa shape index (κ3) is 6.56. The quantitative estimate of drug-likeness (QED) is 0.345. The molecule has 0 spiro atoms. The van der Waals surface area contributed by atoms with Gasteiger partial charge in [0, 0.05) is 45.5 Å². The predicted molar refractivity (Wildman–Crippen MR) is 128 cm³/mol. The summed E-state index contributed by atoms with van der Waals surface area (Å²) in [4.78, 5) is 33.0. The van der Waals surface area contributed by atoms with Crippen LogP contribution in [0.1, 0.15) is 25.3 Å². The van der Waals surface area contributed by atoms with Crippen LogP contribution in [0.3, 0.4) is 0 Å². The number of hydrogen-bond donors (Lipinski definition) is 2. The second kappa shape index (κ2) is 12.1. The van der Waals surface area contributed by atoms with Crippen LogP contribution < -0.4 is 10.6 Å². The van der Waals surface area contributed by atoms with Crippen LogP contribution in [-0.2, 0) is 20.7 Å². The summed E-state index contributed by atoms with van der Waals surface area (Å²) in [7, 11) is 1.70. The van der Waals surface area contributed by atoms with Crippen molar-refractivity contribution in [2.24, 2.45) is 4.99 Å². The molecule has 30 heavy (non-hydrogen) atoms. The highest BCUT2D eigenvalue weighted by Crippen LogP contribution is 2.16. The van der Waals surface area contributed by atoms with E-state index in [4.69, 9.17) is 4.74 Å². The molecule has 166 valence electrons. The van der Waals surface area contributed by atoms with Gasteiger partial charge in [0.05, 0.1) is 6.54 Å². The number of piperazine rings is 1. The molecule has 2 aliphatic rings. The molecule has 2 saturated heterocycles. The lowest BCUT2D eigenvalue weighted by Crippen LogP contribution is -2.55. The van der Waals surface area contributed by atoms with Crippen molar-refractivity contribution in [1.82, 2.24) is 15.1 Å². The Morgan fingerprint density at radius 1 is 1.20 bits per heavy atom. The molecule has 8 nitrogen and oxygen atoms in total. The monoisotopic (exact) mass is 529 g/mol. The Balaban J connectivity index is 0.00000320. The van der Waals surface area contributed by atoms with E-state index in [1.807, 2.05) is 29.2 Å². The van der Waals surface area contributed by atoms with Gasteiger partial charge >= 0.3 is 0 Å². The zero-order chi connectivity index (χ0) is 20.6. The number of anilines is 1. The Bertz CT molecular complexity index is 744. The lowest BCUT2D eigenvalue weighted by atomic mass is 10.1. The molecule has 1 aromatic rings. The summed E-state index contributed by atoms with van der Waals surface area (Å²) in [6.07, 6.45) is 2.43. The van der Waals surface area contributed by atoms with E-state index in [0.29, 0.717) is 38.7 Å². The van der Waals surface area contributed by atoms with Crippen LogP contribution in [0, 0.1) is 0 Å². The van der Waals surface area contributed by atoms with Crippen LogP contribution in [-0.4, -0.2) is 80.1 Å². The number of ether oxygens (including phenoxy) is 1.